The van der Waals surface area contributed by atoms with Gasteiger partial charge < -0.3 is 10.2 Å². The smallest absolute Gasteiger partial charge is 0.244 e. The second-order valence-corrected chi connectivity index (χ2v) is 5.83. The summed E-state index contributed by atoms with van der Waals surface area (Å²) < 4.78 is 0. The number of amides is 2. The standard InChI is InChI=1S/C17H21N3O2/c1-13(21)20(2)15-8-6-14(7-9-15)19-16(22)17(12-18)10-4-3-5-11-17/h6-9H,3-5,10-11H2,1-2H3,(H,19,22). The van der Waals surface area contributed by atoms with Crippen LogP contribution in [-0.4, -0.2) is 18.9 Å². The van der Waals surface area contributed by atoms with Gasteiger partial charge in [0.05, 0.1) is 6.07 Å². The van der Waals surface area contributed by atoms with E-state index in [1.54, 1.807) is 31.3 Å². The van der Waals surface area contributed by atoms with Crippen LogP contribution in [0.3, 0.4) is 0 Å². The van der Waals surface area contributed by atoms with Gasteiger partial charge in [0.1, 0.15) is 5.41 Å². The third kappa shape index (κ3) is 3.28. The third-order valence-electron chi connectivity index (χ3n) is 4.34. The molecule has 0 aromatic heterocycles. The van der Waals surface area contributed by atoms with Gasteiger partial charge in [0, 0.05) is 25.3 Å². The van der Waals surface area contributed by atoms with Crippen molar-refractivity contribution in [1.82, 2.24) is 0 Å². The van der Waals surface area contributed by atoms with Crippen molar-refractivity contribution < 1.29 is 9.59 Å². The minimum atomic E-state index is -0.896. The predicted molar refractivity (Wildman–Crippen MR) is 85.3 cm³/mol. The zero-order valence-electron chi connectivity index (χ0n) is 13.1. The molecule has 22 heavy (non-hydrogen) atoms. The Kier molecular flexibility index (Phi) is 4.81. The monoisotopic (exact) mass is 299 g/mol. The maximum Gasteiger partial charge on any atom is 0.244 e. The molecule has 1 aliphatic rings. The molecule has 0 aliphatic heterocycles. The summed E-state index contributed by atoms with van der Waals surface area (Å²) in [4.78, 5) is 25.3. The molecule has 2 rings (SSSR count). The number of nitrogens with one attached hydrogen (secondary N) is 1. The van der Waals surface area contributed by atoms with Gasteiger partial charge in [-0.15, -0.1) is 0 Å². The van der Waals surface area contributed by atoms with Gasteiger partial charge in [0.15, 0.2) is 0 Å². The minimum Gasteiger partial charge on any atom is -0.325 e. The zero-order valence-corrected chi connectivity index (χ0v) is 13.1. The molecule has 0 bridgehead atoms. The average Bonchev–Trinajstić information content (AvgIpc) is 2.55. The Balaban J connectivity index is 2.09. The van der Waals surface area contributed by atoms with Crippen molar-refractivity contribution >= 4 is 23.2 Å². The highest BCUT2D eigenvalue weighted by Gasteiger charge is 2.39. The summed E-state index contributed by atoms with van der Waals surface area (Å²) in [7, 11) is 1.70. The third-order valence-corrected chi connectivity index (χ3v) is 4.34. The maximum atomic E-state index is 12.4. The molecule has 0 spiro atoms. The maximum absolute atomic E-state index is 12.4. The number of carbonyl (C=O) groups is 2. The first-order valence-corrected chi connectivity index (χ1v) is 7.55. The molecule has 1 fully saturated rings. The van der Waals surface area contributed by atoms with E-state index < -0.39 is 5.41 Å². The number of benzene rings is 1. The van der Waals surface area contributed by atoms with E-state index in [9.17, 15) is 14.9 Å². The molecule has 5 nitrogen and oxygen atoms in total. The first kappa shape index (κ1) is 16.0. The predicted octanol–water partition coefficient (Wildman–Crippen LogP) is 3.08. The quantitative estimate of drug-likeness (QED) is 0.932. The van der Waals surface area contributed by atoms with Gasteiger partial charge in [-0.05, 0) is 37.1 Å². The van der Waals surface area contributed by atoms with Crippen LogP contribution in [-0.2, 0) is 9.59 Å². The highest BCUT2D eigenvalue weighted by atomic mass is 16.2. The average molecular weight is 299 g/mol. The van der Waals surface area contributed by atoms with Crippen LogP contribution in [0.5, 0.6) is 0 Å². The summed E-state index contributed by atoms with van der Waals surface area (Å²) in [5.41, 5.74) is 0.511. The zero-order chi connectivity index (χ0) is 16.2. The highest BCUT2D eigenvalue weighted by molar-refractivity contribution is 5.97. The number of hydrogen-bond donors (Lipinski definition) is 1. The fraction of sp³-hybridized carbons (Fsp3) is 0.471. The summed E-state index contributed by atoms with van der Waals surface area (Å²) >= 11 is 0. The summed E-state index contributed by atoms with van der Waals surface area (Å²) in [5, 5.41) is 12.2. The Morgan fingerprint density at radius 3 is 2.27 bits per heavy atom. The largest absolute Gasteiger partial charge is 0.325 e. The normalized spacial score (nSPS) is 16.4. The second kappa shape index (κ2) is 6.61. The van der Waals surface area contributed by atoms with Crippen molar-refractivity contribution in [3.8, 4) is 6.07 Å². The fourth-order valence-electron chi connectivity index (χ4n) is 2.75. The molecule has 5 heteroatoms. The van der Waals surface area contributed by atoms with Crippen LogP contribution in [0, 0.1) is 16.7 Å². The van der Waals surface area contributed by atoms with Crippen molar-refractivity contribution in [1.29, 1.82) is 5.26 Å². The summed E-state index contributed by atoms with van der Waals surface area (Å²) in [5.74, 6) is -0.273. The van der Waals surface area contributed by atoms with Crippen molar-refractivity contribution in [2.45, 2.75) is 39.0 Å². The van der Waals surface area contributed by atoms with Gasteiger partial charge in [-0.2, -0.15) is 5.26 Å². The van der Waals surface area contributed by atoms with Crippen LogP contribution in [0.25, 0.3) is 0 Å². The molecule has 1 aliphatic carbocycles. The summed E-state index contributed by atoms with van der Waals surface area (Å²) in [6, 6.07) is 9.27. The van der Waals surface area contributed by atoms with E-state index in [0.29, 0.717) is 18.5 Å². The molecular weight excluding hydrogens is 278 g/mol. The topological polar surface area (TPSA) is 73.2 Å². The Morgan fingerprint density at radius 2 is 1.77 bits per heavy atom. The number of anilines is 2. The molecule has 1 N–H and O–H groups in total. The Morgan fingerprint density at radius 1 is 1.18 bits per heavy atom. The van der Waals surface area contributed by atoms with Crippen LogP contribution in [0.2, 0.25) is 0 Å². The SMILES string of the molecule is CC(=O)N(C)c1ccc(NC(=O)C2(C#N)CCCCC2)cc1. The Hall–Kier alpha value is -2.35. The second-order valence-electron chi connectivity index (χ2n) is 5.83. The highest BCUT2D eigenvalue weighted by Crippen LogP contribution is 2.36. The van der Waals surface area contributed by atoms with Crippen LogP contribution in [0.4, 0.5) is 11.4 Å². The van der Waals surface area contributed by atoms with Gasteiger partial charge in [-0.3, -0.25) is 9.59 Å². The van der Waals surface area contributed by atoms with E-state index in [1.807, 2.05) is 0 Å². The molecule has 0 radical (unpaired) electrons. The first-order valence-electron chi connectivity index (χ1n) is 7.55. The number of rotatable bonds is 3. The van der Waals surface area contributed by atoms with E-state index in [-0.39, 0.29) is 11.8 Å². The van der Waals surface area contributed by atoms with E-state index in [2.05, 4.69) is 11.4 Å². The van der Waals surface area contributed by atoms with E-state index in [4.69, 9.17) is 0 Å². The molecule has 0 heterocycles. The Bertz CT molecular complexity index is 595. The molecule has 2 amide bonds. The van der Waals surface area contributed by atoms with Crippen molar-refractivity contribution in [2.24, 2.45) is 5.41 Å². The fourth-order valence-corrected chi connectivity index (χ4v) is 2.75. The van der Waals surface area contributed by atoms with E-state index >= 15 is 0 Å². The minimum absolute atomic E-state index is 0.0533. The van der Waals surface area contributed by atoms with Gasteiger partial charge in [-0.1, -0.05) is 19.3 Å². The lowest BCUT2D eigenvalue weighted by Gasteiger charge is -2.29. The van der Waals surface area contributed by atoms with Gasteiger partial charge >= 0.3 is 0 Å². The van der Waals surface area contributed by atoms with Crippen LogP contribution < -0.4 is 10.2 Å². The lowest BCUT2D eigenvalue weighted by Crippen LogP contribution is -2.36. The lowest BCUT2D eigenvalue weighted by atomic mass is 9.74. The lowest BCUT2D eigenvalue weighted by molar-refractivity contribution is -0.124. The molecule has 1 saturated carbocycles. The number of carbonyl (C=O) groups excluding carboxylic acids is 2. The number of hydrogen-bond acceptors (Lipinski definition) is 3. The van der Waals surface area contributed by atoms with Crippen molar-refractivity contribution in [3.05, 3.63) is 24.3 Å². The van der Waals surface area contributed by atoms with Gasteiger partial charge in [-0.25, -0.2) is 0 Å². The first-order chi connectivity index (χ1) is 10.5. The molecule has 1 aromatic rings. The van der Waals surface area contributed by atoms with E-state index in [1.165, 1.54) is 11.8 Å². The van der Waals surface area contributed by atoms with Crippen LogP contribution in [0.1, 0.15) is 39.0 Å². The summed E-state index contributed by atoms with van der Waals surface area (Å²) in [6.45, 7) is 1.50. The van der Waals surface area contributed by atoms with Gasteiger partial charge in [0.2, 0.25) is 11.8 Å². The van der Waals surface area contributed by atoms with Crippen molar-refractivity contribution in [2.75, 3.05) is 17.3 Å². The molecule has 1 aromatic carbocycles. The summed E-state index contributed by atoms with van der Waals surface area (Å²) in [6.07, 6.45) is 4.18. The molecule has 0 saturated heterocycles. The number of nitriles is 1. The van der Waals surface area contributed by atoms with Gasteiger partial charge in [0.25, 0.3) is 0 Å². The molecule has 0 unspecified atom stereocenters. The van der Waals surface area contributed by atoms with E-state index in [0.717, 1.165) is 24.9 Å². The molecular formula is C17H21N3O2. The Labute approximate surface area is 130 Å². The molecule has 0 atom stereocenters. The molecule has 116 valence electrons. The van der Waals surface area contributed by atoms with Crippen LogP contribution in [0.15, 0.2) is 24.3 Å². The number of nitrogens with zero attached hydrogens (tertiary/aromatic N) is 2. The van der Waals surface area contributed by atoms with Crippen LogP contribution >= 0.6 is 0 Å². The van der Waals surface area contributed by atoms with Crippen molar-refractivity contribution in [3.63, 3.8) is 0 Å².